The second-order valence-corrected chi connectivity index (χ2v) is 4.33. The van der Waals surface area contributed by atoms with Gasteiger partial charge in [-0.3, -0.25) is 4.79 Å². The Morgan fingerprint density at radius 3 is 2.70 bits per heavy atom. The number of aliphatic carboxylic acids is 1. The standard InChI is InChI=1S/C13H17FN2O4/c1-8(16-13(20)15-6-5-11(17)18)12(19)9-3-2-4-10(14)7-9/h2-4,7-8,12,19H,5-6H2,1H3,(H,17,18)(H2,15,16,20). The molecule has 2 unspecified atom stereocenters. The number of amides is 2. The summed E-state index contributed by atoms with van der Waals surface area (Å²) in [6, 6.07) is 4.22. The summed E-state index contributed by atoms with van der Waals surface area (Å²) in [6.45, 7) is 1.55. The molecule has 110 valence electrons. The Labute approximate surface area is 115 Å². The molecule has 1 aromatic rings. The average Bonchev–Trinajstić information content (AvgIpc) is 2.37. The number of hydrogen-bond donors (Lipinski definition) is 4. The Morgan fingerprint density at radius 1 is 1.40 bits per heavy atom. The number of aliphatic hydroxyl groups is 1. The van der Waals surface area contributed by atoms with Crippen LogP contribution in [0, 0.1) is 5.82 Å². The van der Waals surface area contributed by atoms with E-state index in [-0.39, 0.29) is 13.0 Å². The molecule has 0 aliphatic heterocycles. The van der Waals surface area contributed by atoms with Gasteiger partial charge in [0.2, 0.25) is 0 Å². The fourth-order valence-electron chi connectivity index (χ4n) is 1.60. The molecule has 1 aromatic carbocycles. The lowest BCUT2D eigenvalue weighted by Crippen LogP contribution is -2.43. The molecule has 0 spiro atoms. The largest absolute Gasteiger partial charge is 0.481 e. The number of halogens is 1. The summed E-state index contributed by atoms with van der Waals surface area (Å²) in [5, 5.41) is 23.2. The van der Waals surface area contributed by atoms with Crippen LogP contribution in [-0.4, -0.2) is 34.8 Å². The zero-order chi connectivity index (χ0) is 15.1. The third-order valence-electron chi connectivity index (χ3n) is 2.65. The van der Waals surface area contributed by atoms with Crippen molar-refractivity contribution in [2.24, 2.45) is 0 Å². The minimum atomic E-state index is -1.06. The predicted molar refractivity (Wildman–Crippen MR) is 69.6 cm³/mol. The van der Waals surface area contributed by atoms with Gasteiger partial charge in [-0.1, -0.05) is 12.1 Å². The maximum atomic E-state index is 13.0. The zero-order valence-electron chi connectivity index (χ0n) is 11.0. The third kappa shape index (κ3) is 5.23. The highest BCUT2D eigenvalue weighted by atomic mass is 19.1. The average molecular weight is 284 g/mol. The fraction of sp³-hybridized carbons (Fsp3) is 0.385. The third-order valence-corrected chi connectivity index (χ3v) is 2.65. The van der Waals surface area contributed by atoms with Crippen molar-refractivity contribution in [3.8, 4) is 0 Å². The first-order valence-electron chi connectivity index (χ1n) is 6.10. The highest BCUT2D eigenvalue weighted by Gasteiger charge is 2.18. The van der Waals surface area contributed by atoms with Crippen LogP contribution in [0.25, 0.3) is 0 Å². The molecular formula is C13H17FN2O4. The molecule has 0 aromatic heterocycles. The SMILES string of the molecule is CC(NC(=O)NCCC(=O)O)C(O)c1cccc(F)c1. The number of nitrogens with one attached hydrogen (secondary N) is 2. The molecule has 1 rings (SSSR count). The summed E-state index contributed by atoms with van der Waals surface area (Å²) < 4.78 is 13.0. The van der Waals surface area contributed by atoms with Crippen LogP contribution < -0.4 is 10.6 Å². The normalized spacial score (nSPS) is 13.3. The molecule has 0 heterocycles. The number of urea groups is 1. The maximum absolute atomic E-state index is 13.0. The molecular weight excluding hydrogens is 267 g/mol. The topological polar surface area (TPSA) is 98.7 Å². The Balaban J connectivity index is 2.47. The molecule has 0 bridgehead atoms. The number of benzene rings is 1. The molecule has 0 saturated carbocycles. The number of carbonyl (C=O) groups is 2. The molecule has 20 heavy (non-hydrogen) atoms. The van der Waals surface area contributed by atoms with E-state index in [1.54, 1.807) is 13.0 Å². The number of aliphatic hydroxyl groups excluding tert-OH is 1. The zero-order valence-corrected chi connectivity index (χ0v) is 11.0. The quantitative estimate of drug-likeness (QED) is 0.627. The molecule has 6 nitrogen and oxygen atoms in total. The Bertz CT molecular complexity index is 481. The van der Waals surface area contributed by atoms with E-state index in [1.807, 2.05) is 0 Å². The molecule has 4 N–H and O–H groups in total. The van der Waals surface area contributed by atoms with Crippen LogP contribution in [0.5, 0.6) is 0 Å². The summed E-state index contributed by atoms with van der Waals surface area (Å²) in [7, 11) is 0. The van der Waals surface area contributed by atoms with Gasteiger partial charge in [0.15, 0.2) is 0 Å². The van der Waals surface area contributed by atoms with Gasteiger partial charge in [0.25, 0.3) is 0 Å². The minimum absolute atomic E-state index is 0.00997. The smallest absolute Gasteiger partial charge is 0.315 e. The van der Waals surface area contributed by atoms with Crippen molar-refractivity contribution >= 4 is 12.0 Å². The number of carboxylic acid groups (broad SMARTS) is 1. The lowest BCUT2D eigenvalue weighted by atomic mass is 10.0. The molecule has 0 radical (unpaired) electrons. The van der Waals surface area contributed by atoms with E-state index in [2.05, 4.69) is 10.6 Å². The van der Waals surface area contributed by atoms with Gasteiger partial charge in [0, 0.05) is 6.54 Å². The van der Waals surface area contributed by atoms with Crippen LogP contribution in [0.4, 0.5) is 9.18 Å². The summed E-state index contributed by atoms with van der Waals surface area (Å²) in [5.74, 6) is -1.49. The summed E-state index contributed by atoms with van der Waals surface area (Å²) in [4.78, 5) is 21.7. The van der Waals surface area contributed by atoms with Crippen LogP contribution in [-0.2, 0) is 4.79 Å². The van der Waals surface area contributed by atoms with Gasteiger partial charge in [-0.15, -0.1) is 0 Å². The van der Waals surface area contributed by atoms with Crippen molar-refractivity contribution in [1.82, 2.24) is 10.6 Å². The van der Waals surface area contributed by atoms with Crippen LogP contribution in [0.1, 0.15) is 25.0 Å². The van der Waals surface area contributed by atoms with E-state index in [1.165, 1.54) is 18.2 Å². The van der Waals surface area contributed by atoms with Crippen LogP contribution in [0.3, 0.4) is 0 Å². The highest BCUT2D eigenvalue weighted by molar-refractivity contribution is 5.75. The summed E-state index contributed by atoms with van der Waals surface area (Å²) in [6.07, 6.45) is -1.25. The summed E-state index contributed by atoms with van der Waals surface area (Å²) >= 11 is 0. The monoisotopic (exact) mass is 284 g/mol. The summed E-state index contributed by atoms with van der Waals surface area (Å²) in [5.41, 5.74) is 0.350. The Kier molecular flexibility index (Phi) is 5.92. The highest BCUT2D eigenvalue weighted by Crippen LogP contribution is 2.17. The van der Waals surface area contributed by atoms with Crippen LogP contribution in [0.2, 0.25) is 0 Å². The Hall–Kier alpha value is -2.15. The number of hydrogen-bond acceptors (Lipinski definition) is 3. The first-order chi connectivity index (χ1) is 9.40. The van der Waals surface area contributed by atoms with E-state index in [9.17, 15) is 19.1 Å². The van der Waals surface area contributed by atoms with Crippen molar-refractivity contribution in [3.05, 3.63) is 35.6 Å². The number of carbonyl (C=O) groups excluding carboxylic acids is 1. The van der Waals surface area contributed by atoms with E-state index < -0.39 is 30.0 Å². The molecule has 0 aliphatic carbocycles. The van der Waals surface area contributed by atoms with E-state index in [0.29, 0.717) is 5.56 Å². The molecule has 0 aliphatic rings. The molecule has 2 atom stereocenters. The van der Waals surface area contributed by atoms with Crippen molar-refractivity contribution in [2.75, 3.05) is 6.54 Å². The lowest BCUT2D eigenvalue weighted by Gasteiger charge is -2.20. The van der Waals surface area contributed by atoms with Gasteiger partial charge >= 0.3 is 12.0 Å². The number of carboxylic acids is 1. The van der Waals surface area contributed by atoms with Gasteiger partial charge in [-0.05, 0) is 24.6 Å². The van der Waals surface area contributed by atoms with E-state index in [4.69, 9.17) is 5.11 Å². The predicted octanol–water partition coefficient (Wildman–Crippen LogP) is 1.02. The van der Waals surface area contributed by atoms with Gasteiger partial charge in [-0.2, -0.15) is 0 Å². The van der Waals surface area contributed by atoms with Gasteiger partial charge in [0.1, 0.15) is 5.82 Å². The van der Waals surface area contributed by atoms with Crippen molar-refractivity contribution in [1.29, 1.82) is 0 Å². The Morgan fingerprint density at radius 2 is 2.10 bits per heavy atom. The van der Waals surface area contributed by atoms with Gasteiger partial charge in [-0.25, -0.2) is 9.18 Å². The first-order valence-corrected chi connectivity index (χ1v) is 6.10. The van der Waals surface area contributed by atoms with Crippen molar-refractivity contribution in [3.63, 3.8) is 0 Å². The first kappa shape index (κ1) is 15.9. The second kappa shape index (κ2) is 7.44. The fourth-order valence-corrected chi connectivity index (χ4v) is 1.60. The van der Waals surface area contributed by atoms with Gasteiger partial charge < -0.3 is 20.8 Å². The second-order valence-electron chi connectivity index (χ2n) is 4.33. The molecule has 0 saturated heterocycles. The van der Waals surface area contributed by atoms with Crippen molar-refractivity contribution < 1.29 is 24.2 Å². The number of rotatable bonds is 6. The molecule has 0 fully saturated rings. The van der Waals surface area contributed by atoms with Crippen molar-refractivity contribution in [2.45, 2.75) is 25.5 Å². The van der Waals surface area contributed by atoms with Gasteiger partial charge in [0.05, 0.1) is 18.6 Å². The molecule has 7 heteroatoms. The van der Waals surface area contributed by atoms with Crippen LogP contribution >= 0.6 is 0 Å². The van der Waals surface area contributed by atoms with E-state index >= 15 is 0 Å². The maximum Gasteiger partial charge on any atom is 0.315 e. The van der Waals surface area contributed by atoms with Crippen LogP contribution in [0.15, 0.2) is 24.3 Å². The van der Waals surface area contributed by atoms with E-state index in [0.717, 1.165) is 0 Å². The molecule has 2 amide bonds. The lowest BCUT2D eigenvalue weighted by molar-refractivity contribution is -0.136. The minimum Gasteiger partial charge on any atom is -0.481 e.